The normalized spacial score (nSPS) is 8.90. The maximum absolute atomic E-state index is 10.8. The summed E-state index contributed by atoms with van der Waals surface area (Å²) < 4.78 is 4.47. The average molecular weight is 248 g/mol. The van der Waals surface area contributed by atoms with Crippen molar-refractivity contribution in [1.82, 2.24) is 0 Å². The van der Waals surface area contributed by atoms with Crippen LogP contribution in [0.25, 0.3) is 0 Å². The maximum atomic E-state index is 10.8. The van der Waals surface area contributed by atoms with Crippen LogP contribution in [0.4, 0.5) is 0 Å². The Morgan fingerprint density at radius 3 is 2.40 bits per heavy atom. The standard InChI is InChI=1S/C7H5IO2/c8-10-7(9)6-4-2-1-3-5-6/h1-5H. The predicted molar refractivity (Wildman–Crippen MR) is 45.9 cm³/mol. The smallest absolute Gasteiger partial charge is 0.347 e. The summed E-state index contributed by atoms with van der Waals surface area (Å²) >= 11 is 1.57. The summed E-state index contributed by atoms with van der Waals surface area (Å²) in [6, 6.07) is 8.86. The van der Waals surface area contributed by atoms with Crippen LogP contribution in [0.2, 0.25) is 0 Å². The molecule has 1 aromatic rings. The first-order valence-electron chi connectivity index (χ1n) is 2.72. The molecule has 0 aromatic heterocycles. The van der Waals surface area contributed by atoms with E-state index in [4.69, 9.17) is 0 Å². The molecule has 0 unspecified atom stereocenters. The summed E-state index contributed by atoms with van der Waals surface area (Å²) in [6.07, 6.45) is 0. The van der Waals surface area contributed by atoms with Gasteiger partial charge in [-0.2, -0.15) is 0 Å². The molecule has 1 aromatic carbocycles. The zero-order valence-corrected chi connectivity index (χ0v) is 7.24. The number of rotatable bonds is 1. The highest BCUT2D eigenvalue weighted by atomic mass is 127. The Balaban J connectivity index is 2.85. The van der Waals surface area contributed by atoms with Gasteiger partial charge in [-0.1, -0.05) is 18.2 Å². The molecule has 3 heteroatoms. The third-order valence-electron chi connectivity index (χ3n) is 1.08. The van der Waals surface area contributed by atoms with Gasteiger partial charge in [-0.25, -0.2) is 4.79 Å². The van der Waals surface area contributed by atoms with E-state index in [1.165, 1.54) is 0 Å². The van der Waals surface area contributed by atoms with E-state index in [2.05, 4.69) is 3.07 Å². The summed E-state index contributed by atoms with van der Waals surface area (Å²) in [4.78, 5) is 10.8. The number of carbonyl (C=O) groups is 1. The summed E-state index contributed by atoms with van der Waals surface area (Å²) in [5.41, 5.74) is 0.580. The van der Waals surface area contributed by atoms with Gasteiger partial charge in [-0.15, -0.1) is 0 Å². The van der Waals surface area contributed by atoms with Crippen LogP contribution in [0, 0.1) is 0 Å². The lowest BCUT2D eigenvalue weighted by molar-refractivity contribution is 0.0800. The Bertz CT molecular complexity index is 220. The molecule has 0 atom stereocenters. The molecule has 2 nitrogen and oxygen atoms in total. The molecule has 0 bridgehead atoms. The Morgan fingerprint density at radius 2 is 1.90 bits per heavy atom. The Labute approximate surface area is 72.9 Å². The van der Waals surface area contributed by atoms with Gasteiger partial charge in [0.1, 0.15) is 0 Å². The molecule has 0 heterocycles. The van der Waals surface area contributed by atoms with Crippen LogP contribution in [-0.2, 0) is 3.07 Å². The molecule has 0 aliphatic carbocycles. The van der Waals surface area contributed by atoms with Crippen molar-refractivity contribution in [2.24, 2.45) is 0 Å². The molecule has 0 aliphatic heterocycles. The molecule has 10 heavy (non-hydrogen) atoms. The predicted octanol–water partition coefficient (Wildman–Crippen LogP) is 2.19. The molecule has 0 saturated heterocycles. The molecule has 0 N–H and O–H groups in total. The molecular weight excluding hydrogens is 243 g/mol. The van der Waals surface area contributed by atoms with Crippen molar-refractivity contribution in [1.29, 1.82) is 0 Å². The van der Waals surface area contributed by atoms with Gasteiger partial charge in [-0.05, 0) is 12.1 Å². The van der Waals surface area contributed by atoms with Crippen molar-refractivity contribution in [3.63, 3.8) is 0 Å². The summed E-state index contributed by atoms with van der Waals surface area (Å²) in [6.45, 7) is 0. The minimum Gasteiger partial charge on any atom is -0.391 e. The van der Waals surface area contributed by atoms with Crippen molar-refractivity contribution in [3.8, 4) is 0 Å². The highest BCUT2D eigenvalue weighted by molar-refractivity contribution is 14.1. The van der Waals surface area contributed by atoms with Crippen molar-refractivity contribution >= 4 is 29.0 Å². The zero-order valence-electron chi connectivity index (χ0n) is 5.08. The van der Waals surface area contributed by atoms with Gasteiger partial charge in [0.25, 0.3) is 0 Å². The maximum Gasteiger partial charge on any atom is 0.347 e. The minimum atomic E-state index is -0.304. The molecule has 52 valence electrons. The second-order valence-corrected chi connectivity index (χ2v) is 2.17. The van der Waals surface area contributed by atoms with E-state index in [1.54, 1.807) is 47.3 Å². The van der Waals surface area contributed by atoms with E-state index < -0.39 is 0 Å². The van der Waals surface area contributed by atoms with Crippen molar-refractivity contribution in [2.75, 3.05) is 0 Å². The molecule has 0 spiro atoms. The quantitative estimate of drug-likeness (QED) is 0.712. The van der Waals surface area contributed by atoms with E-state index in [9.17, 15) is 4.79 Å². The Hall–Kier alpha value is -0.580. The van der Waals surface area contributed by atoms with E-state index in [0.717, 1.165) is 0 Å². The lowest BCUT2D eigenvalue weighted by Crippen LogP contribution is -1.95. The van der Waals surface area contributed by atoms with E-state index >= 15 is 0 Å². The first-order valence-corrected chi connectivity index (χ1v) is 3.60. The van der Waals surface area contributed by atoms with Gasteiger partial charge >= 0.3 is 5.97 Å². The largest absolute Gasteiger partial charge is 0.391 e. The molecule has 0 saturated carbocycles. The van der Waals surface area contributed by atoms with Gasteiger partial charge in [0, 0.05) is 0 Å². The lowest BCUT2D eigenvalue weighted by atomic mass is 10.2. The number of benzene rings is 1. The van der Waals surface area contributed by atoms with Gasteiger partial charge in [0.05, 0.1) is 5.56 Å². The lowest BCUT2D eigenvalue weighted by Gasteiger charge is -1.93. The second kappa shape index (κ2) is 3.55. The summed E-state index contributed by atoms with van der Waals surface area (Å²) in [5.74, 6) is -0.304. The van der Waals surface area contributed by atoms with Crippen LogP contribution in [-0.4, -0.2) is 5.97 Å². The minimum absolute atomic E-state index is 0.304. The summed E-state index contributed by atoms with van der Waals surface area (Å²) in [5, 5.41) is 0. The highest BCUT2D eigenvalue weighted by Gasteiger charge is 2.01. The monoisotopic (exact) mass is 248 g/mol. The third-order valence-corrected chi connectivity index (χ3v) is 1.48. The van der Waals surface area contributed by atoms with E-state index in [1.807, 2.05) is 6.07 Å². The zero-order chi connectivity index (χ0) is 7.40. The molecule has 0 fully saturated rings. The van der Waals surface area contributed by atoms with E-state index in [0.29, 0.717) is 5.56 Å². The third kappa shape index (κ3) is 1.70. The van der Waals surface area contributed by atoms with Crippen LogP contribution in [0.5, 0.6) is 0 Å². The van der Waals surface area contributed by atoms with Gasteiger partial charge in [0.15, 0.2) is 23.0 Å². The topological polar surface area (TPSA) is 26.3 Å². The first-order chi connectivity index (χ1) is 4.84. The fourth-order valence-electron chi connectivity index (χ4n) is 0.619. The number of hydrogen-bond acceptors (Lipinski definition) is 2. The summed E-state index contributed by atoms with van der Waals surface area (Å²) in [7, 11) is 0. The van der Waals surface area contributed by atoms with Gasteiger partial charge < -0.3 is 3.07 Å². The number of halogens is 1. The van der Waals surface area contributed by atoms with Gasteiger partial charge in [-0.3, -0.25) is 0 Å². The van der Waals surface area contributed by atoms with Crippen molar-refractivity contribution in [3.05, 3.63) is 35.9 Å². The van der Waals surface area contributed by atoms with Crippen LogP contribution in [0.15, 0.2) is 30.3 Å². The number of carbonyl (C=O) groups excluding carboxylic acids is 1. The van der Waals surface area contributed by atoms with Crippen molar-refractivity contribution < 1.29 is 7.86 Å². The SMILES string of the molecule is O=C(OI)c1ccccc1. The number of hydrogen-bond donors (Lipinski definition) is 0. The second-order valence-electron chi connectivity index (χ2n) is 1.73. The first kappa shape index (κ1) is 7.53. The average Bonchev–Trinajstić information content (AvgIpc) is 2.05. The Morgan fingerprint density at radius 1 is 1.30 bits per heavy atom. The fraction of sp³-hybridized carbons (Fsp3) is 0. The molecule has 0 aliphatic rings. The van der Waals surface area contributed by atoms with Crippen LogP contribution in [0.1, 0.15) is 10.4 Å². The Kier molecular flexibility index (Phi) is 2.68. The fourth-order valence-corrected chi connectivity index (χ4v) is 0.873. The van der Waals surface area contributed by atoms with Gasteiger partial charge in [0.2, 0.25) is 0 Å². The molecular formula is C7H5IO2. The van der Waals surface area contributed by atoms with Crippen molar-refractivity contribution in [2.45, 2.75) is 0 Å². The molecule has 0 radical (unpaired) electrons. The van der Waals surface area contributed by atoms with Crippen LogP contribution >= 0.6 is 23.0 Å². The highest BCUT2D eigenvalue weighted by Crippen LogP contribution is 2.02. The van der Waals surface area contributed by atoms with E-state index in [-0.39, 0.29) is 5.97 Å². The molecule has 0 amide bonds. The van der Waals surface area contributed by atoms with Crippen LogP contribution < -0.4 is 0 Å². The molecule has 1 rings (SSSR count). The van der Waals surface area contributed by atoms with Crippen LogP contribution in [0.3, 0.4) is 0 Å².